The van der Waals surface area contributed by atoms with E-state index in [1.807, 2.05) is 48.5 Å². The maximum absolute atomic E-state index is 12.1. The number of hydrogen-bond donors (Lipinski definition) is 1. The zero-order valence-electron chi connectivity index (χ0n) is 12.6. The highest BCUT2D eigenvalue weighted by atomic mass is 35.5. The van der Waals surface area contributed by atoms with Gasteiger partial charge in [-0.15, -0.1) is 24.8 Å². The number of hydrogen-bond acceptors (Lipinski definition) is 4. The molecule has 0 saturated carbocycles. The maximum Gasteiger partial charge on any atom is 0.323 e. The van der Waals surface area contributed by atoms with Crippen molar-refractivity contribution in [2.45, 2.75) is 18.9 Å². The SMILES string of the molecule is CCOC(=O)C(N)C1c2ccccc2Oc2ccccc21.Cl.Cl. The van der Waals surface area contributed by atoms with Gasteiger partial charge >= 0.3 is 5.97 Å². The minimum Gasteiger partial charge on any atom is -0.465 e. The molecule has 2 aromatic rings. The molecule has 4 nitrogen and oxygen atoms in total. The van der Waals surface area contributed by atoms with Crippen molar-refractivity contribution in [3.63, 3.8) is 0 Å². The largest absolute Gasteiger partial charge is 0.465 e. The van der Waals surface area contributed by atoms with Crippen molar-refractivity contribution in [2.24, 2.45) is 5.73 Å². The van der Waals surface area contributed by atoms with Gasteiger partial charge in [-0.3, -0.25) is 4.79 Å². The van der Waals surface area contributed by atoms with Gasteiger partial charge in [0, 0.05) is 17.0 Å². The molecule has 6 heteroatoms. The lowest BCUT2D eigenvalue weighted by molar-refractivity contribution is -0.145. The van der Waals surface area contributed by atoms with E-state index in [-0.39, 0.29) is 30.7 Å². The lowest BCUT2D eigenvalue weighted by atomic mass is 9.83. The van der Waals surface area contributed by atoms with Crippen LogP contribution in [0.3, 0.4) is 0 Å². The summed E-state index contributed by atoms with van der Waals surface area (Å²) in [4.78, 5) is 12.1. The summed E-state index contributed by atoms with van der Waals surface area (Å²) in [5, 5.41) is 0. The van der Waals surface area contributed by atoms with Crippen molar-refractivity contribution in [3.05, 3.63) is 59.7 Å². The number of halogens is 2. The number of rotatable bonds is 3. The van der Waals surface area contributed by atoms with Crippen molar-refractivity contribution in [2.75, 3.05) is 6.61 Å². The standard InChI is InChI=1S/C17H17NO3.2ClH/c1-2-20-17(19)16(18)15-11-7-3-5-9-13(11)21-14-10-6-4-8-12(14)15;;/h3-10,15-16H,2,18H2,1H3;2*1H. The van der Waals surface area contributed by atoms with E-state index in [1.165, 1.54) is 0 Å². The molecule has 23 heavy (non-hydrogen) atoms. The molecule has 3 rings (SSSR count). The van der Waals surface area contributed by atoms with Crippen LogP contribution in [0.25, 0.3) is 0 Å². The predicted octanol–water partition coefficient (Wildman–Crippen LogP) is 3.66. The lowest BCUT2D eigenvalue weighted by Gasteiger charge is -2.30. The van der Waals surface area contributed by atoms with Gasteiger partial charge in [0.05, 0.1) is 6.61 Å². The molecule has 0 saturated heterocycles. The van der Waals surface area contributed by atoms with E-state index in [0.29, 0.717) is 6.61 Å². The number of para-hydroxylation sites is 2. The van der Waals surface area contributed by atoms with Crippen LogP contribution in [0.15, 0.2) is 48.5 Å². The van der Waals surface area contributed by atoms with E-state index in [4.69, 9.17) is 15.2 Å². The fourth-order valence-electron chi connectivity index (χ4n) is 2.71. The quantitative estimate of drug-likeness (QED) is 0.853. The minimum atomic E-state index is -0.754. The van der Waals surface area contributed by atoms with Crippen LogP contribution in [-0.2, 0) is 9.53 Å². The molecule has 0 radical (unpaired) electrons. The summed E-state index contributed by atoms with van der Waals surface area (Å²) < 4.78 is 11.0. The molecule has 1 atom stereocenters. The van der Waals surface area contributed by atoms with Crippen LogP contribution in [-0.4, -0.2) is 18.6 Å². The number of ether oxygens (including phenoxy) is 2. The second kappa shape index (κ2) is 8.20. The summed E-state index contributed by atoms with van der Waals surface area (Å²) >= 11 is 0. The first-order valence-electron chi connectivity index (χ1n) is 7.00. The molecule has 124 valence electrons. The summed E-state index contributed by atoms with van der Waals surface area (Å²) in [7, 11) is 0. The Morgan fingerprint density at radius 2 is 1.57 bits per heavy atom. The first-order chi connectivity index (χ1) is 10.2. The molecule has 2 N–H and O–H groups in total. The summed E-state index contributed by atoms with van der Waals surface area (Å²) in [5.74, 6) is 0.820. The maximum atomic E-state index is 12.1. The van der Waals surface area contributed by atoms with E-state index in [9.17, 15) is 4.79 Å². The predicted molar refractivity (Wildman–Crippen MR) is 93.9 cm³/mol. The van der Waals surface area contributed by atoms with Crippen LogP contribution in [0, 0.1) is 0 Å². The highest BCUT2D eigenvalue weighted by Crippen LogP contribution is 2.45. The second-order valence-electron chi connectivity index (χ2n) is 4.93. The Hall–Kier alpha value is -1.75. The van der Waals surface area contributed by atoms with Crippen LogP contribution in [0.1, 0.15) is 24.0 Å². The van der Waals surface area contributed by atoms with E-state index in [2.05, 4.69) is 0 Å². The molecule has 0 aliphatic carbocycles. The van der Waals surface area contributed by atoms with Gasteiger partial charge in [0.15, 0.2) is 0 Å². The van der Waals surface area contributed by atoms with Gasteiger partial charge in [0.25, 0.3) is 0 Å². The van der Waals surface area contributed by atoms with E-state index < -0.39 is 12.0 Å². The van der Waals surface area contributed by atoms with Crippen LogP contribution < -0.4 is 10.5 Å². The number of esters is 1. The fraction of sp³-hybridized carbons (Fsp3) is 0.235. The Morgan fingerprint density at radius 3 is 2.04 bits per heavy atom. The van der Waals surface area contributed by atoms with Gasteiger partial charge < -0.3 is 15.2 Å². The van der Waals surface area contributed by atoms with Crippen molar-refractivity contribution in [1.82, 2.24) is 0 Å². The smallest absolute Gasteiger partial charge is 0.323 e. The highest BCUT2D eigenvalue weighted by molar-refractivity contribution is 5.85. The minimum absolute atomic E-state index is 0. The van der Waals surface area contributed by atoms with E-state index in [1.54, 1.807) is 6.92 Å². The Kier molecular flexibility index (Phi) is 6.88. The third kappa shape index (κ3) is 3.61. The Balaban J connectivity index is 0.00000132. The first kappa shape index (κ1) is 19.3. The average Bonchev–Trinajstić information content (AvgIpc) is 2.52. The van der Waals surface area contributed by atoms with Crippen molar-refractivity contribution in [3.8, 4) is 11.5 Å². The monoisotopic (exact) mass is 355 g/mol. The lowest BCUT2D eigenvalue weighted by Crippen LogP contribution is -2.39. The van der Waals surface area contributed by atoms with Gasteiger partial charge in [-0.25, -0.2) is 0 Å². The molecule has 2 aromatic carbocycles. The van der Waals surface area contributed by atoms with Gasteiger partial charge in [0.2, 0.25) is 0 Å². The average molecular weight is 356 g/mol. The van der Waals surface area contributed by atoms with Gasteiger partial charge in [-0.2, -0.15) is 0 Å². The topological polar surface area (TPSA) is 61.5 Å². The van der Waals surface area contributed by atoms with Crippen molar-refractivity contribution in [1.29, 1.82) is 0 Å². The molecule has 0 aromatic heterocycles. The zero-order chi connectivity index (χ0) is 14.8. The van der Waals surface area contributed by atoms with Crippen molar-refractivity contribution >= 4 is 30.8 Å². The zero-order valence-corrected chi connectivity index (χ0v) is 14.2. The third-order valence-electron chi connectivity index (χ3n) is 3.65. The van der Waals surface area contributed by atoms with Crippen LogP contribution in [0.2, 0.25) is 0 Å². The van der Waals surface area contributed by atoms with Gasteiger partial charge in [-0.1, -0.05) is 36.4 Å². The molecule has 0 fully saturated rings. The first-order valence-corrected chi connectivity index (χ1v) is 7.00. The molecule has 1 aliphatic rings. The molecule has 0 bridgehead atoms. The Labute approximate surface area is 147 Å². The highest BCUT2D eigenvalue weighted by Gasteiger charge is 2.35. The van der Waals surface area contributed by atoms with E-state index in [0.717, 1.165) is 22.6 Å². The van der Waals surface area contributed by atoms with Gasteiger partial charge in [-0.05, 0) is 19.1 Å². The van der Waals surface area contributed by atoms with E-state index >= 15 is 0 Å². The summed E-state index contributed by atoms with van der Waals surface area (Å²) in [6.07, 6.45) is 0. The van der Waals surface area contributed by atoms with Crippen LogP contribution in [0.5, 0.6) is 11.5 Å². The number of fused-ring (bicyclic) bond motifs is 2. The molecule has 0 spiro atoms. The number of carbonyl (C=O) groups is 1. The molecule has 1 aliphatic heterocycles. The van der Waals surface area contributed by atoms with Crippen molar-refractivity contribution < 1.29 is 14.3 Å². The molecular weight excluding hydrogens is 337 g/mol. The fourth-order valence-corrected chi connectivity index (χ4v) is 2.71. The van der Waals surface area contributed by atoms with Crippen LogP contribution >= 0.6 is 24.8 Å². The number of nitrogens with two attached hydrogens (primary N) is 1. The summed E-state index contributed by atoms with van der Waals surface area (Å²) in [5.41, 5.74) is 8.00. The number of benzene rings is 2. The molecule has 0 amide bonds. The summed E-state index contributed by atoms with van der Waals surface area (Å²) in [6.45, 7) is 2.09. The van der Waals surface area contributed by atoms with Gasteiger partial charge in [0.1, 0.15) is 17.5 Å². The molecular formula is C17H19Cl2NO3. The number of carbonyl (C=O) groups excluding carboxylic acids is 1. The normalized spacial score (nSPS) is 13.3. The molecule has 1 unspecified atom stereocenters. The van der Waals surface area contributed by atoms with Crippen LogP contribution in [0.4, 0.5) is 0 Å². The summed E-state index contributed by atoms with van der Waals surface area (Å²) in [6, 6.07) is 14.5. The molecule has 1 heterocycles. The second-order valence-corrected chi connectivity index (χ2v) is 4.93. The third-order valence-corrected chi connectivity index (χ3v) is 3.65. The Morgan fingerprint density at radius 1 is 1.09 bits per heavy atom. The Bertz CT molecular complexity index is 633.